The smallest absolute Gasteiger partial charge is 0.193 e. The lowest BCUT2D eigenvalue weighted by Gasteiger charge is -2.23. The monoisotopic (exact) mass is 493 g/mol. The highest BCUT2D eigenvalue weighted by Gasteiger charge is 2.25. The molecule has 5 nitrogen and oxygen atoms in total. The maximum atomic E-state index is 5.67. The first-order valence-corrected chi connectivity index (χ1v) is 9.85. The molecule has 26 heavy (non-hydrogen) atoms. The number of rotatable bonds is 9. The number of aliphatic imine (C=N–C) groups is 1. The molecule has 0 aliphatic carbocycles. The van der Waals surface area contributed by atoms with Crippen LogP contribution in [-0.2, 0) is 9.47 Å². The minimum absolute atomic E-state index is 0. The van der Waals surface area contributed by atoms with E-state index in [-0.39, 0.29) is 24.0 Å². The molecule has 7 heteroatoms. The molecule has 1 fully saturated rings. The average Bonchev–Trinajstić information content (AvgIpc) is 3.09. The van der Waals surface area contributed by atoms with Gasteiger partial charge in [0.05, 0.1) is 19.8 Å². The van der Waals surface area contributed by atoms with Crippen LogP contribution >= 0.6 is 35.7 Å². The van der Waals surface area contributed by atoms with Gasteiger partial charge in [0.15, 0.2) is 5.96 Å². The summed E-state index contributed by atoms with van der Waals surface area (Å²) in [5.74, 6) is 1.58. The number of halogens is 1. The maximum absolute atomic E-state index is 5.67. The highest BCUT2D eigenvalue weighted by Crippen LogP contribution is 2.22. The van der Waals surface area contributed by atoms with Crippen LogP contribution in [0.25, 0.3) is 0 Å². The fourth-order valence-electron chi connectivity index (χ4n) is 2.89. The van der Waals surface area contributed by atoms with Crippen molar-refractivity contribution in [2.75, 3.05) is 53.6 Å². The Kier molecular flexibility index (Phi) is 12.3. The standard InChI is InChI=1S/C19H31N3O2S.HI/c1-16(25-18-7-5-4-6-8-18)13-21-19(20-2)22-10-9-17(14-22)15-24-12-11-23-3;/h4-8,16-17H,9-15H2,1-3H3,(H,20,21);1H. The van der Waals surface area contributed by atoms with Crippen LogP contribution in [0, 0.1) is 5.92 Å². The van der Waals surface area contributed by atoms with Crippen molar-refractivity contribution in [2.45, 2.75) is 23.5 Å². The Hall–Kier alpha value is -0.510. The van der Waals surface area contributed by atoms with Gasteiger partial charge >= 0.3 is 0 Å². The van der Waals surface area contributed by atoms with Gasteiger partial charge in [0.1, 0.15) is 0 Å². The minimum atomic E-state index is 0. The Morgan fingerprint density at radius 3 is 2.81 bits per heavy atom. The second-order valence-electron chi connectivity index (χ2n) is 6.34. The lowest BCUT2D eigenvalue weighted by Crippen LogP contribution is -2.42. The summed E-state index contributed by atoms with van der Waals surface area (Å²) in [6.07, 6.45) is 1.15. The third-order valence-corrected chi connectivity index (χ3v) is 5.32. The van der Waals surface area contributed by atoms with E-state index in [0.29, 0.717) is 24.4 Å². The molecular formula is C19H32IN3O2S. The number of methoxy groups -OCH3 is 1. The summed E-state index contributed by atoms with van der Waals surface area (Å²) < 4.78 is 10.7. The largest absolute Gasteiger partial charge is 0.382 e. The van der Waals surface area contributed by atoms with Crippen molar-refractivity contribution in [1.82, 2.24) is 10.2 Å². The van der Waals surface area contributed by atoms with Gasteiger partial charge in [0.2, 0.25) is 0 Å². The minimum Gasteiger partial charge on any atom is -0.382 e. The molecule has 1 heterocycles. The van der Waals surface area contributed by atoms with Gasteiger partial charge in [-0.05, 0) is 18.6 Å². The van der Waals surface area contributed by atoms with Crippen LogP contribution in [0.15, 0.2) is 40.2 Å². The summed E-state index contributed by atoms with van der Waals surface area (Å²) in [5, 5.41) is 4.00. The predicted octanol–water partition coefficient (Wildman–Crippen LogP) is 3.35. The van der Waals surface area contributed by atoms with Gasteiger partial charge in [0.25, 0.3) is 0 Å². The molecule has 1 N–H and O–H groups in total. The summed E-state index contributed by atoms with van der Waals surface area (Å²) in [5.41, 5.74) is 0. The molecule has 1 aliphatic heterocycles. The lowest BCUT2D eigenvalue weighted by atomic mass is 10.1. The maximum Gasteiger partial charge on any atom is 0.193 e. The SMILES string of the molecule is CN=C(NCC(C)Sc1ccccc1)N1CCC(COCCOC)C1.I. The molecule has 148 valence electrons. The Morgan fingerprint density at radius 1 is 1.35 bits per heavy atom. The molecule has 1 saturated heterocycles. The Balaban J connectivity index is 0.00000338. The van der Waals surface area contributed by atoms with E-state index in [2.05, 4.69) is 52.5 Å². The van der Waals surface area contributed by atoms with E-state index >= 15 is 0 Å². The van der Waals surface area contributed by atoms with Gasteiger partial charge in [-0.15, -0.1) is 35.7 Å². The molecule has 2 unspecified atom stereocenters. The Bertz CT molecular complexity index is 519. The first kappa shape index (κ1) is 23.5. The number of guanidine groups is 1. The van der Waals surface area contributed by atoms with Gasteiger partial charge in [-0.2, -0.15) is 0 Å². The quantitative estimate of drug-likeness (QED) is 0.188. The van der Waals surface area contributed by atoms with Gasteiger partial charge in [0, 0.05) is 49.9 Å². The zero-order valence-corrected chi connectivity index (χ0v) is 19.2. The van der Waals surface area contributed by atoms with Gasteiger partial charge in [-0.3, -0.25) is 4.99 Å². The summed E-state index contributed by atoms with van der Waals surface area (Å²) in [4.78, 5) is 8.10. The topological polar surface area (TPSA) is 46.1 Å². The zero-order valence-electron chi connectivity index (χ0n) is 16.0. The van der Waals surface area contributed by atoms with Crippen molar-refractivity contribution in [3.8, 4) is 0 Å². The summed E-state index contributed by atoms with van der Waals surface area (Å²) in [7, 11) is 3.56. The third kappa shape index (κ3) is 8.45. The summed E-state index contributed by atoms with van der Waals surface area (Å²) in [6, 6.07) is 10.5. The number of likely N-dealkylation sites (tertiary alicyclic amines) is 1. The van der Waals surface area contributed by atoms with Crippen molar-refractivity contribution in [1.29, 1.82) is 0 Å². The number of benzene rings is 1. The van der Waals surface area contributed by atoms with Crippen LogP contribution in [0.4, 0.5) is 0 Å². The van der Waals surface area contributed by atoms with Gasteiger partial charge < -0.3 is 19.7 Å². The van der Waals surface area contributed by atoms with E-state index in [9.17, 15) is 0 Å². The van der Waals surface area contributed by atoms with Crippen molar-refractivity contribution in [2.24, 2.45) is 10.9 Å². The number of nitrogens with one attached hydrogen (secondary N) is 1. The summed E-state index contributed by atoms with van der Waals surface area (Å²) >= 11 is 1.89. The lowest BCUT2D eigenvalue weighted by molar-refractivity contribution is 0.0536. The fourth-order valence-corrected chi connectivity index (χ4v) is 3.84. The second kappa shape index (κ2) is 13.6. The molecule has 1 aromatic rings. The van der Waals surface area contributed by atoms with Crippen LogP contribution in [0.2, 0.25) is 0 Å². The van der Waals surface area contributed by atoms with E-state index in [1.807, 2.05) is 18.8 Å². The molecule has 1 aliphatic rings. The number of nitrogens with zero attached hydrogens (tertiary/aromatic N) is 2. The number of thioether (sulfide) groups is 1. The van der Waals surface area contributed by atoms with E-state index < -0.39 is 0 Å². The van der Waals surface area contributed by atoms with Crippen LogP contribution in [0.3, 0.4) is 0 Å². The van der Waals surface area contributed by atoms with Crippen LogP contribution in [-0.4, -0.2) is 69.7 Å². The molecule has 2 atom stereocenters. The molecule has 0 spiro atoms. The van der Waals surface area contributed by atoms with Crippen molar-refractivity contribution < 1.29 is 9.47 Å². The van der Waals surface area contributed by atoms with Gasteiger partial charge in [-0.1, -0.05) is 25.1 Å². The fraction of sp³-hybridized carbons (Fsp3) is 0.632. The molecule has 1 aromatic carbocycles. The molecule has 0 saturated carbocycles. The highest BCUT2D eigenvalue weighted by molar-refractivity contribution is 14.0. The highest BCUT2D eigenvalue weighted by atomic mass is 127. The second-order valence-corrected chi connectivity index (χ2v) is 7.85. The molecule has 0 radical (unpaired) electrons. The van der Waals surface area contributed by atoms with E-state index in [1.54, 1.807) is 7.11 Å². The van der Waals surface area contributed by atoms with Crippen LogP contribution in [0.1, 0.15) is 13.3 Å². The normalized spacial score (nSPS) is 18.5. The first-order chi connectivity index (χ1) is 12.2. The van der Waals surface area contributed by atoms with E-state index in [0.717, 1.165) is 38.6 Å². The average molecular weight is 493 g/mol. The zero-order chi connectivity index (χ0) is 17.9. The van der Waals surface area contributed by atoms with Crippen LogP contribution < -0.4 is 5.32 Å². The van der Waals surface area contributed by atoms with Crippen LogP contribution in [0.5, 0.6) is 0 Å². The Morgan fingerprint density at radius 2 is 2.12 bits per heavy atom. The Labute approximate surface area is 179 Å². The van der Waals surface area contributed by atoms with Gasteiger partial charge in [-0.25, -0.2) is 0 Å². The first-order valence-electron chi connectivity index (χ1n) is 8.97. The predicted molar refractivity (Wildman–Crippen MR) is 121 cm³/mol. The van der Waals surface area contributed by atoms with E-state index in [4.69, 9.17) is 9.47 Å². The number of ether oxygens (including phenoxy) is 2. The third-order valence-electron chi connectivity index (χ3n) is 4.21. The molecule has 0 amide bonds. The number of hydrogen-bond donors (Lipinski definition) is 1. The molecule has 0 aromatic heterocycles. The van der Waals surface area contributed by atoms with E-state index in [1.165, 1.54) is 4.90 Å². The molecule has 0 bridgehead atoms. The van der Waals surface area contributed by atoms with Crippen molar-refractivity contribution >= 4 is 41.7 Å². The molecule has 2 rings (SSSR count). The summed E-state index contributed by atoms with van der Waals surface area (Å²) in [6.45, 7) is 7.33. The number of hydrogen-bond acceptors (Lipinski definition) is 4. The van der Waals surface area contributed by atoms with Crippen molar-refractivity contribution in [3.05, 3.63) is 30.3 Å². The molecular weight excluding hydrogens is 461 g/mol. The van der Waals surface area contributed by atoms with Crippen molar-refractivity contribution in [3.63, 3.8) is 0 Å².